The molecule has 0 bridgehead atoms. The van der Waals surface area contributed by atoms with Crippen LogP contribution in [0.5, 0.6) is 11.5 Å². The van der Waals surface area contributed by atoms with Gasteiger partial charge in [-0.1, -0.05) is 17.8 Å². The molecule has 2 aliphatic heterocycles. The SMILES string of the molecule is COC(=O)C1=C(N)N2C(=O)C(C)SC2=C(C(=O)OC)C1c1ccc(OC(C)C)c(OC)c1. The van der Waals surface area contributed by atoms with Gasteiger partial charge >= 0.3 is 11.9 Å². The Hall–Kier alpha value is -3.14. The van der Waals surface area contributed by atoms with Crippen molar-refractivity contribution in [2.24, 2.45) is 5.73 Å². The fraction of sp³-hybridized carbons (Fsp3) is 0.409. The first-order valence-corrected chi connectivity index (χ1v) is 10.8. The molecule has 0 radical (unpaired) electrons. The maximum absolute atomic E-state index is 12.9. The first-order chi connectivity index (χ1) is 15.2. The van der Waals surface area contributed by atoms with Crippen molar-refractivity contribution in [2.45, 2.75) is 38.0 Å². The third-order valence-corrected chi connectivity index (χ3v) is 6.26. The highest BCUT2D eigenvalue weighted by Crippen LogP contribution is 2.50. The average Bonchev–Trinajstić information content (AvgIpc) is 3.06. The van der Waals surface area contributed by atoms with Gasteiger partial charge in [-0.2, -0.15) is 0 Å². The lowest BCUT2D eigenvalue weighted by Gasteiger charge is -2.33. The minimum Gasteiger partial charge on any atom is -0.493 e. The van der Waals surface area contributed by atoms with Gasteiger partial charge in [0.15, 0.2) is 11.5 Å². The lowest BCUT2D eigenvalue weighted by atomic mass is 9.82. The van der Waals surface area contributed by atoms with Gasteiger partial charge < -0.3 is 24.7 Å². The Morgan fingerprint density at radius 3 is 2.25 bits per heavy atom. The smallest absolute Gasteiger partial charge is 0.338 e. The van der Waals surface area contributed by atoms with Crippen LogP contribution < -0.4 is 15.2 Å². The summed E-state index contributed by atoms with van der Waals surface area (Å²) in [5, 5.41) is -0.150. The molecular formula is C22H26N2O7S. The van der Waals surface area contributed by atoms with E-state index in [1.54, 1.807) is 25.1 Å². The van der Waals surface area contributed by atoms with Crippen LogP contribution >= 0.6 is 11.8 Å². The van der Waals surface area contributed by atoms with E-state index in [9.17, 15) is 14.4 Å². The number of benzene rings is 1. The Kier molecular flexibility index (Phi) is 6.73. The molecule has 2 N–H and O–H groups in total. The van der Waals surface area contributed by atoms with Crippen LogP contribution in [0.4, 0.5) is 0 Å². The van der Waals surface area contributed by atoms with Crippen molar-refractivity contribution in [3.63, 3.8) is 0 Å². The molecule has 1 aromatic rings. The second-order valence-electron chi connectivity index (χ2n) is 7.44. The summed E-state index contributed by atoms with van der Waals surface area (Å²) in [6.07, 6.45) is -0.0886. The summed E-state index contributed by atoms with van der Waals surface area (Å²) >= 11 is 1.19. The summed E-state index contributed by atoms with van der Waals surface area (Å²) < 4.78 is 21.2. The molecule has 172 valence electrons. The Morgan fingerprint density at radius 2 is 1.69 bits per heavy atom. The number of hydrogen-bond donors (Lipinski definition) is 1. The van der Waals surface area contributed by atoms with E-state index in [4.69, 9.17) is 24.7 Å². The van der Waals surface area contributed by atoms with E-state index in [0.717, 1.165) is 0 Å². The van der Waals surface area contributed by atoms with Gasteiger partial charge in [0, 0.05) is 0 Å². The highest BCUT2D eigenvalue weighted by molar-refractivity contribution is 8.04. The molecule has 0 spiro atoms. The van der Waals surface area contributed by atoms with Gasteiger partial charge in [-0.15, -0.1) is 0 Å². The number of esters is 2. The van der Waals surface area contributed by atoms with Crippen molar-refractivity contribution >= 4 is 29.6 Å². The number of hydrogen-bond acceptors (Lipinski definition) is 9. The van der Waals surface area contributed by atoms with Crippen molar-refractivity contribution in [3.05, 3.63) is 45.8 Å². The second kappa shape index (κ2) is 9.15. The molecule has 2 atom stereocenters. The maximum atomic E-state index is 12.9. The van der Waals surface area contributed by atoms with Crippen LogP contribution in [0.1, 0.15) is 32.3 Å². The van der Waals surface area contributed by atoms with Crippen LogP contribution in [0, 0.1) is 0 Å². The van der Waals surface area contributed by atoms with Crippen molar-refractivity contribution in [2.75, 3.05) is 21.3 Å². The molecule has 2 aliphatic rings. The van der Waals surface area contributed by atoms with Crippen LogP contribution in [0.25, 0.3) is 0 Å². The predicted molar refractivity (Wildman–Crippen MR) is 118 cm³/mol. The van der Waals surface area contributed by atoms with E-state index in [2.05, 4.69) is 0 Å². The molecule has 1 amide bonds. The molecular weight excluding hydrogens is 436 g/mol. The minimum atomic E-state index is -0.936. The molecule has 1 saturated heterocycles. The third kappa shape index (κ3) is 3.90. The van der Waals surface area contributed by atoms with E-state index in [1.165, 1.54) is 38.0 Å². The number of methoxy groups -OCH3 is 3. The molecule has 32 heavy (non-hydrogen) atoms. The zero-order valence-corrected chi connectivity index (χ0v) is 19.6. The largest absolute Gasteiger partial charge is 0.493 e. The summed E-state index contributed by atoms with van der Waals surface area (Å²) in [5.41, 5.74) is 6.95. The number of thioether (sulfide) groups is 1. The molecule has 0 saturated carbocycles. The normalized spacial score (nSPS) is 20.5. The van der Waals surface area contributed by atoms with Crippen molar-refractivity contribution in [3.8, 4) is 11.5 Å². The third-order valence-electron chi connectivity index (χ3n) is 5.08. The fourth-order valence-corrected chi connectivity index (χ4v) is 4.86. The second-order valence-corrected chi connectivity index (χ2v) is 8.77. The maximum Gasteiger partial charge on any atom is 0.338 e. The van der Waals surface area contributed by atoms with Crippen molar-refractivity contribution < 1.29 is 33.3 Å². The van der Waals surface area contributed by atoms with E-state index < -0.39 is 23.1 Å². The number of rotatable bonds is 6. The number of nitrogens with zero attached hydrogens (tertiary/aromatic N) is 1. The van der Waals surface area contributed by atoms with Crippen molar-refractivity contribution in [1.29, 1.82) is 0 Å². The molecule has 10 heteroatoms. The minimum absolute atomic E-state index is 0.0284. The number of fused-ring (bicyclic) bond motifs is 1. The molecule has 2 heterocycles. The van der Waals surface area contributed by atoms with Crippen LogP contribution in [-0.2, 0) is 23.9 Å². The number of nitrogens with two attached hydrogens (primary N) is 1. The summed E-state index contributed by atoms with van der Waals surface area (Å²) in [5.74, 6) is -1.86. The van der Waals surface area contributed by atoms with Gasteiger partial charge in [0.2, 0.25) is 5.91 Å². The molecule has 3 rings (SSSR count). The van der Waals surface area contributed by atoms with Crippen LogP contribution in [0.15, 0.2) is 40.2 Å². The lowest BCUT2D eigenvalue weighted by Crippen LogP contribution is -2.40. The summed E-state index contributed by atoms with van der Waals surface area (Å²) in [6, 6.07) is 5.08. The molecule has 9 nitrogen and oxygen atoms in total. The van der Waals surface area contributed by atoms with E-state index >= 15 is 0 Å². The summed E-state index contributed by atoms with van der Waals surface area (Å²) in [6.45, 7) is 5.47. The van der Waals surface area contributed by atoms with Gasteiger partial charge in [-0.05, 0) is 38.5 Å². The lowest BCUT2D eigenvalue weighted by molar-refractivity contribution is -0.137. The molecule has 0 aliphatic carbocycles. The molecule has 1 fully saturated rings. The van der Waals surface area contributed by atoms with Crippen LogP contribution in [0.2, 0.25) is 0 Å². The molecule has 2 unspecified atom stereocenters. The predicted octanol–water partition coefficient (Wildman–Crippen LogP) is 2.27. The van der Waals surface area contributed by atoms with Gasteiger partial charge in [0.05, 0.1) is 54.8 Å². The van der Waals surface area contributed by atoms with Gasteiger partial charge in [0.1, 0.15) is 5.82 Å². The summed E-state index contributed by atoms with van der Waals surface area (Å²) in [7, 11) is 3.94. The highest BCUT2D eigenvalue weighted by atomic mass is 32.2. The summed E-state index contributed by atoms with van der Waals surface area (Å²) in [4.78, 5) is 39.7. The number of ether oxygens (including phenoxy) is 4. The molecule has 1 aromatic carbocycles. The first-order valence-electron chi connectivity index (χ1n) is 9.91. The van der Waals surface area contributed by atoms with Gasteiger partial charge in [-0.3, -0.25) is 9.69 Å². The van der Waals surface area contributed by atoms with Gasteiger partial charge in [0.25, 0.3) is 0 Å². The molecule has 0 aromatic heterocycles. The van der Waals surface area contributed by atoms with Crippen LogP contribution in [-0.4, -0.2) is 55.4 Å². The van der Waals surface area contributed by atoms with Crippen LogP contribution in [0.3, 0.4) is 0 Å². The quantitative estimate of drug-likeness (QED) is 0.635. The highest BCUT2D eigenvalue weighted by Gasteiger charge is 2.49. The first kappa shape index (κ1) is 23.5. The van der Waals surface area contributed by atoms with E-state index in [-0.39, 0.29) is 29.0 Å². The zero-order valence-electron chi connectivity index (χ0n) is 18.8. The monoisotopic (exact) mass is 462 g/mol. The topological polar surface area (TPSA) is 117 Å². The van der Waals surface area contributed by atoms with Crippen molar-refractivity contribution in [1.82, 2.24) is 4.90 Å². The Bertz CT molecular complexity index is 1030. The Balaban J connectivity index is 2.29. The fourth-order valence-electron chi connectivity index (χ4n) is 3.70. The van der Waals surface area contributed by atoms with E-state index in [1.807, 2.05) is 13.8 Å². The average molecular weight is 463 g/mol. The Labute approximate surface area is 190 Å². The number of amides is 1. The zero-order chi connectivity index (χ0) is 23.7. The number of carbonyl (C=O) groups excluding carboxylic acids is 3. The Morgan fingerprint density at radius 1 is 1.06 bits per heavy atom. The van der Waals surface area contributed by atoms with Gasteiger partial charge in [-0.25, -0.2) is 9.59 Å². The number of carbonyl (C=O) groups is 3. The standard InChI is InChI=1S/C22H26N2O7S/c1-10(2)31-13-8-7-12(9-14(13)28-4)15-16(21(26)29-5)18(23)24-19(25)11(3)32-20(24)17(15)22(27)30-6/h7-11,15H,23H2,1-6H3. The van der Waals surface area contributed by atoms with E-state index in [0.29, 0.717) is 22.1 Å².